The fraction of sp³-hybridized carbons (Fsp3) is 0.429. The quantitative estimate of drug-likeness (QED) is 0.792. The summed E-state index contributed by atoms with van der Waals surface area (Å²) in [5.74, 6) is -0.192. The number of anilines is 1. The summed E-state index contributed by atoms with van der Waals surface area (Å²) < 4.78 is 0. The van der Waals surface area contributed by atoms with Crippen molar-refractivity contribution >= 4 is 39.5 Å². The number of carbonyl (C=O) groups excluding carboxylic acids is 2. The van der Waals surface area contributed by atoms with E-state index in [-0.39, 0.29) is 24.5 Å². The maximum Gasteiger partial charge on any atom is 0.226 e. The molecule has 0 aliphatic heterocycles. The van der Waals surface area contributed by atoms with Crippen LogP contribution >= 0.6 is 22.7 Å². The first-order chi connectivity index (χ1) is 10.1. The molecule has 2 aromatic heterocycles. The summed E-state index contributed by atoms with van der Waals surface area (Å²) >= 11 is 2.84. The number of aryl methyl sites for hydroxylation is 2. The van der Waals surface area contributed by atoms with Crippen molar-refractivity contribution in [2.24, 2.45) is 0 Å². The third-order valence-electron chi connectivity index (χ3n) is 2.77. The van der Waals surface area contributed by atoms with Crippen molar-refractivity contribution in [2.45, 2.75) is 39.5 Å². The normalized spacial score (nSPS) is 10.6. The van der Waals surface area contributed by atoms with Crippen LogP contribution in [-0.2, 0) is 11.2 Å². The number of thiophene rings is 1. The van der Waals surface area contributed by atoms with Gasteiger partial charge in [0, 0.05) is 24.1 Å². The monoisotopic (exact) mass is 323 g/mol. The average Bonchev–Trinajstić information content (AvgIpc) is 3.06. The molecule has 0 spiro atoms. The zero-order chi connectivity index (χ0) is 15.2. The smallest absolute Gasteiger partial charge is 0.226 e. The van der Waals surface area contributed by atoms with E-state index in [9.17, 15) is 9.59 Å². The number of hydrogen-bond donors (Lipinski definition) is 1. The van der Waals surface area contributed by atoms with Gasteiger partial charge in [-0.15, -0.1) is 21.5 Å². The summed E-state index contributed by atoms with van der Waals surface area (Å²) in [5.41, 5.74) is 0. The van der Waals surface area contributed by atoms with Crippen LogP contribution in [0.25, 0.3) is 0 Å². The van der Waals surface area contributed by atoms with Gasteiger partial charge in [0.15, 0.2) is 5.78 Å². The summed E-state index contributed by atoms with van der Waals surface area (Å²) in [7, 11) is 0. The van der Waals surface area contributed by atoms with E-state index in [0.29, 0.717) is 10.0 Å². The van der Waals surface area contributed by atoms with E-state index >= 15 is 0 Å². The highest BCUT2D eigenvalue weighted by Crippen LogP contribution is 2.19. The minimum Gasteiger partial charge on any atom is -0.301 e. The van der Waals surface area contributed by atoms with E-state index in [2.05, 4.69) is 22.4 Å². The molecule has 0 aromatic carbocycles. The predicted octanol–water partition coefficient (Wildman–Crippen LogP) is 3.46. The first-order valence-corrected chi connectivity index (χ1v) is 8.43. The molecule has 0 aliphatic carbocycles. The van der Waals surface area contributed by atoms with Crippen molar-refractivity contribution in [1.29, 1.82) is 0 Å². The highest BCUT2D eigenvalue weighted by atomic mass is 32.1. The van der Waals surface area contributed by atoms with Crippen LogP contribution in [0, 0.1) is 6.92 Å². The highest BCUT2D eigenvalue weighted by molar-refractivity contribution is 7.15. The first-order valence-electron chi connectivity index (χ1n) is 6.80. The van der Waals surface area contributed by atoms with E-state index in [1.807, 2.05) is 19.1 Å². The average molecular weight is 323 g/mol. The number of ketones is 1. The Morgan fingerprint density at radius 3 is 2.67 bits per heavy atom. The molecule has 1 N–H and O–H groups in total. The largest absolute Gasteiger partial charge is 0.301 e. The molecular formula is C14H17N3O2S2. The Balaban J connectivity index is 1.80. The summed E-state index contributed by atoms with van der Waals surface area (Å²) in [4.78, 5) is 25.5. The maximum atomic E-state index is 11.9. The van der Waals surface area contributed by atoms with Crippen LogP contribution in [-0.4, -0.2) is 21.9 Å². The van der Waals surface area contributed by atoms with Gasteiger partial charge >= 0.3 is 0 Å². The number of carbonyl (C=O) groups is 2. The van der Waals surface area contributed by atoms with Gasteiger partial charge in [0.2, 0.25) is 11.0 Å². The standard InChI is InChI=1S/C14H17N3O2S2/c1-3-4-13-16-17-14(21-13)15-12(19)8-6-10(18)11-7-5-9(2)20-11/h5,7H,3-4,6,8H2,1-2H3,(H,15,17,19). The number of nitrogens with zero attached hydrogens (tertiary/aromatic N) is 2. The summed E-state index contributed by atoms with van der Waals surface area (Å²) in [6.45, 7) is 4.02. The van der Waals surface area contributed by atoms with E-state index in [0.717, 1.165) is 22.7 Å². The van der Waals surface area contributed by atoms with Crippen LogP contribution in [0.5, 0.6) is 0 Å². The van der Waals surface area contributed by atoms with Crippen LogP contribution < -0.4 is 5.32 Å². The number of aromatic nitrogens is 2. The molecule has 0 bridgehead atoms. The molecule has 0 saturated carbocycles. The zero-order valence-electron chi connectivity index (χ0n) is 12.0. The topological polar surface area (TPSA) is 72.0 Å². The second-order valence-corrected chi connectivity index (χ2v) is 6.98. The molecule has 0 unspecified atom stereocenters. The Bertz CT molecular complexity index is 634. The number of Topliss-reactive ketones (excluding diaryl/α,β-unsaturated/α-hetero) is 1. The number of hydrogen-bond acceptors (Lipinski definition) is 6. The third kappa shape index (κ3) is 4.71. The summed E-state index contributed by atoms with van der Waals surface area (Å²) in [5, 5.41) is 12.0. The first kappa shape index (κ1) is 15.8. The van der Waals surface area contributed by atoms with Crippen molar-refractivity contribution in [1.82, 2.24) is 10.2 Å². The lowest BCUT2D eigenvalue weighted by Crippen LogP contribution is -2.13. The molecule has 0 atom stereocenters. The van der Waals surface area contributed by atoms with Gasteiger partial charge < -0.3 is 5.32 Å². The van der Waals surface area contributed by atoms with Crippen LogP contribution in [0.2, 0.25) is 0 Å². The molecule has 0 radical (unpaired) electrons. The van der Waals surface area contributed by atoms with Crippen LogP contribution in [0.15, 0.2) is 12.1 Å². The Morgan fingerprint density at radius 1 is 1.19 bits per heavy atom. The van der Waals surface area contributed by atoms with Crippen molar-refractivity contribution in [2.75, 3.05) is 5.32 Å². The zero-order valence-corrected chi connectivity index (χ0v) is 13.6. The Kier molecular flexibility index (Phi) is 5.58. The van der Waals surface area contributed by atoms with Gasteiger partial charge in [0.25, 0.3) is 0 Å². The molecule has 2 aromatic rings. The fourth-order valence-corrected chi connectivity index (χ4v) is 3.43. The molecular weight excluding hydrogens is 306 g/mol. The van der Waals surface area contributed by atoms with Crippen molar-refractivity contribution in [3.63, 3.8) is 0 Å². The molecule has 0 saturated heterocycles. The fourth-order valence-electron chi connectivity index (χ4n) is 1.74. The molecule has 2 heterocycles. The van der Waals surface area contributed by atoms with Gasteiger partial charge in [0.1, 0.15) is 5.01 Å². The molecule has 21 heavy (non-hydrogen) atoms. The summed E-state index contributed by atoms with van der Waals surface area (Å²) in [6.07, 6.45) is 2.24. The van der Waals surface area contributed by atoms with Gasteiger partial charge in [-0.2, -0.15) is 0 Å². The van der Waals surface area contributed by atoms with Gasteiger partial charge in [-0.05, 0) is 25.5 Å². The van der Waals surface area contributed by atoms with Crippen LogP contribution in [0.3, 0.4) is 0 Å². The van der Waals surface area contributed by atoms with Gasteiger partial charge in [-0.3, -0.25) is 9.59 Å². The van der Waals surface area contributed by atoms with E-state index in [4.69, 9.17) is 0 Å². The minimum absolute atomic E-state index is 0.00665. The third-order valence-corrected chi connectivity index (χ3v) is 4.71. The molecule has 7 heteroatoms. The van der Waals surface area contributed by atoms with E-state index in [1.54, 1.807) is 0 Å². The molecule has 2 rings (SSSR count). The molecule has 112 valence electrons. The van der Waals surface area contributed by atoms with Crippen molar-refractivity contribution in [3.8, 4) is 0 Å². The van der Waals surface area contributed by atoms with Crippen molar-refractivity contribution < 1.29 is 9.59 Å². The number of nitrogens with one attached hydrogen (secondary N) is 1. The molecule has 0 aliphatic rings. The SMILES string of the molecule is CCCc1nnc(NC(=O)CCC(=O)c2ccc(C)s2)s1. The predicted molar refractivity (Wildman–Crippen MR) is 85.2 cm³/mol. The second kappa shape index (κ2) is 7.42. The second-order valence-electron chi connectivity index (χ2n) is 4.63. The molecule has 0 fully saturated rings. The maximum absolute atomic E-state index is 11.9. The number of amides is 1. The van der Waals surface area contributed by atoms with E-state index < -0.39 is 0 Å². The number of rotatable bonds is 7. The van der Waals surface area contributed by atoms with Crippen LogP contribution in [0.1, 0.15) is 45.7 Å². The van der Waals surface area contributed by atoms with Crippen LogP contribution in [0.4, 0.5) is 5.13 Å². The highest BCUT2D eigenvalue weighted by Gasteiger charge is 2.12. The minimum atomic E-state index is -0.198. The Hall–Kier alpha value is -1.60. The summed E-state index contributed by atoms with van der Waals surface area (Å²) in [6, 6.07) is 3.72. The lowest BCUT2D eigenvalue weighted by molar-refractivity contribution is -0.116. The lowest BCUT2D eigenvalue weighted by atomic mass is 10.2. The Labute approximate surface area is 131 Å². The molecule has 1 amide bonds. The molecule has 5 nitrogen and oxygen atoms in total. The van der Waals surface area contributed by atoms with E-state index in [1.165, 1.54) is 22.7 Å². The van der Waals surface area contributed by atoms with Gasteiger partial charge in [-0.25, -0.2) is 0 Å². The van der Waals surface area contributed by atoms with Gasteiger partial charge in [-0.1, -0.05) is 18.3 Å². The lowest BCUT2D eigenvalue weighted by Gasteiger charge is -2.00. The Morgan fingerprint density at radius 2 is 2.00 bits per heavy atom. The van der Waals surface area contributed by atoms with Gasteiger partial charge in [0.05, 0.1) is 4.88 Å². The van der Waals surface area contributed by atoms with Crippen molar-refractivity contribution in [3.05, 3.63) is 26.9 Å².